The van der Waals surface area contributed by atoms with Crippen LogP contribution in [0.3, 0.4) is 0 Å². The summed E-state index contributed by atoms with van der Waals surface area (Å²) in [6.07, 6.45) is 1.04. The van der Waals surface area contributed by atoms with Gasteiger partial charge in [-0.05, 0) is 49.6 Å². The predicted molar refractivity (Wildman–Crippen MR) is 112 cm³/mol. The van der Waals surface area contributed by atoms with Crippen LogP contribution in [0.4, 0.5) is 0 Å². The molecule has 0 radical (unpaired) electrons. The van der Waals surface area contributed by atoms with Crippen molar-refractivity contribution in [3.63, 3.8) is 0 Å². The maximum Gasteiger partial charge on any atom is 0.134 e. The fraction of sp³-hybridized carbons (Fsp3) is 0.333. The summed E-state index contributed by atoms with van der Waals surface area (Å²) in [5, 5.41) is 7.48. The van der Waals surface area contributed by atoms with Gasteiger partial charge in [-0.3, -0.25) is 4.90 Å². The Morgan fingerprint density at radius 1 is 1.00 bits per heavy atom. The van der Waals surface area contributed by atoms with Crippen molar-refractivity contribution in [2.45, 2.75) is 25.6 Å². The monoisotopic (exact) mass is 386 g/mol. The molecule has 0 aliphatic carbocycles. The standard InChI is InChI=1S/C21H26N2OS2/c1-22-12-11-20(21-10-6-14-26-21)24-19-9-4-3-7-17(19)15-23(2)16-18-8-5-13-25-18/h3-10,13-14,20,22H,11-12,15-16H2,1-2H3. The second kappa shape index (κ2) is 9.88. The highest BCUT2D eigenvalue weighted by molar-refractivity contribution is 7.10. The van der Waals surface area contributed by atoms with Crippen LogP contribution in [-0.2, 0) is 13.1 Å². The Balaban J connectivity index is 1.70. The summed E-state index contributed by atoms with van der Waals surface area (Å²) in [5.74, 6) is 0.986. The maximum absolute atomic E-state index is 6.47. The van der Waals surface area contributed by atoms with Gasteiger partial charge in [-0.15, -0.1) is 22.7 Å². The Hall–Kier alpha value is -1.66. The molecular weight excluding hydrogens is 360 g/mol. The normalized spacial score (nSPS) is 12.4. The van der Waals surface area contributed by atoms with Crippen molar-refractivity contribution in [1.82, 2.24) is 10.2 Å². The second-order valence-corrected chi connectivity index (χ2v) is 8.39. The topological polar surface area (TPSA) is 24.5 Å². The van der Waals surface area contributed by atoms with E-state index in [-0.39, 0.29) is 6.10 Å². The van der Waals surface area contributed by atoms with Crippen LogP contribution in [0.5, 0.6) is 5.75 Å². The lowest BCUT2D eigenvalue weighted by molar-refractivity contribution is 0.193. The highest BCUT2D eigenvalue weighted by Gasteiger charge is 2.16. The molecule has 1 unspecified atom stereocenters. The molecule has 1 atom stereocenters. The third-order valence-corrected chi connectivity index (χ3v) is 6.03. The van der Waals surface area contributed by atoms with Gasteiger partial charge in [-0.1, -0.05) is 30.3 Å². The van der Waals surface area contributed by atoms with E-state index in [4.69, 9.17) is 4.74 Å². The van der Waals surface area contributed by atoms with E-state index >= 15 is 0 Å². The molecule has 3 nitrogen and oxygen atoms in total. The van der Waals surface area contributed by atoms with Crippen molar-refractivity contribution >= 4 is 22.7 Å². The zero-order valence-corrected chi connectivity index (χ0v) is 17.0. The van der Waals surface area contributed by atoms with Crippen molar-refractivity contribution in [1.29, 1.82) is 0 Å². The lowest BCUT2D eigenvalue weighted by Gasteiger charge is -2.22. The van der Waals surface area contributed by atoms with Gasteiger partial charge in [0.05, 0.1) is 0 Å². The predicted octanol–water partition coefficient (Wildman–Crippen LogP) is 5.17. The van der Waals surface area contributed by atoms with Crippen LogP contribution in [0.1, 0.15) is 27.8 Å². The zero-order chi connectivity index (χ0) is 18.2. The molecule has 0 saturated heterocycles. The van der Waals surface area contributed by atoms with Gasteiger partial charge in [-0.25, -0.2) is 0 Å². The number of benzene rings is 1. The van der Waals surface area contributed by atoms with Crippen molar-refractivity contribution in [3.05, 3.63) is 74.6 Å². The zero-order valence-electron chi connectivity index (χ0n) is 15.4. The van der Waals surface area contributed by atoms with Crippen molar-refractivity contribution in [3.8, 4) is 5.75 Å². The number of nitrogens with zero attached hydrogens (tertiary/aromatic N) is 1. The lowest BCUT2D eigenvalue weighted by atomic mass is 10.1. The average Bonchev–Trinajstić information content (AvgIpc) is 3.34. The van der Waals surface area contributed by atoms with E-state index in [2.05, 4.69) is 76.6 Å². The third-order valence-electron chi connectivity index (χ3n) is 4.21. The fourth-order valence-electron chi connectivity index (χ4n) is 2.93. The minimum absolute atomic E-state index is 0.0891. The molecule has 138 valence electrons. The number of hydrogen-bond acceptors (Lipinski definition) is 5. The molecular formula is C21H26N2OS2. The van der Waals surface area contributed by atoms with Crippen LogP contribution in [0.15, 0.2) is 59.3 Å². The Bertz CT molecular complexity index is 756. The van der Waals surface area contributed by atoms with Crippen molar-refractivity contribution < 1.29 is 4.74 Å². The van der Waals surface area contributed by atoms with Gasteiger partial charge in [0.25, 0.3) is 0 Å². The third kappa shape index (κ3) is 5.42. The van der Waals surface area contributed by atoms with E-state index in [1.54, 1.807) is 22.7 Å². The van der Waals surface area contributed by atoms with Gasteiger partial charge in [0.15, 0.2) is 0 Å². The van der Waals surface area contributed by atoms with E-state index in [1.165, 1.54) is 15.3 Å². The van der Waals surface area contributed by atoms with Crippen LogP contribution >= 0.6 is 22.7 Å². The first-order valence-electron chi connectivity index (χ1n) is 8.89. The summed E-state index contributed by atoms with van der Waals surface area (Å²) in [4.78, 5) is 5.00. The van der Waals surface area contributed by atoms with Gasteiger partial charge in [0.1, 0.15) is 11.9 Å². The number of ether oxygens (including phenoxy) is 1. The Labute approximate surface area is 164 Å². The first-order chi connectivity index (χ1) is 12.8. The molecule has 1 N–H and O–H groups in total. The molecule has 3 rings (SSSR count). The summed E-state index contributed by atoms with van der Waals surface area (Å²) < 4.78 is 6.47. The summed E-state index contributed by atoms with van der Waals surface area (Å²) in [6, 6.07) is 17.0. The highest BCUT2D eigenvalue weighted by atomic mass is 32.1. The van der Waals surface area contributed by atoms with Gasteiger partial charge in [0.2, 0.25) is 0 Å². The minimum Gasteiger partial charge on any atom is -0.485 e. The minimum atomic E-state index is 0.0891. The molecule has 1 aromatic carbocycles. The number of nitrogens with one attached hydrogen (secondary N) is 1. The van der Waals surface area contributed by atoms with Gasteiger partial charge in [0, 0.05) is 34.8 Å². The number of hydrogen-bond donors (Lipinski definition) is 1. The molecule has 5 heteroatoms. The summed E-state index contributed by atoms with van der Waals surface area (Å²) in [7, 11) is 4.15. The molecule has 0 aliphatic rings. The van der Waals surface area contributed by atoms with Crippen LogP contribution in [0.2, 0.25) is 0 Å². The van der Waals surface area contributed by atoms with Crippen LogP contribution in [0, 0.1) is 0 Å². The smallest absolute Gasteiger partial charge is 0.134 e. The number of rotatable bonds is 10. The van der Waals surface area contributed by atoms with Crippen LogP contribution in [0.25, 0.3) is 0 Å². The molecule has 2 heterocycles. The molecule has 26 heavy (non-hydrogen) atoms. The molecule has 0 spiro atoms. The fourth-order valence-corrected chi connectivity index (χ4v) is 4.50. The van der Waals surface area contributed by atoms with Gasteiger partial charge < -0.3 is 10.1 Å². The lowest BCUT2D eigenvalue weighted by Crippen LogP contribution is -2.19. The summed E-state index contributed by atoms with van der Waals surface area (Å²) in [6.45, 7) is 2.76. The maximum atomic E-state index is 6.47. The van der Waals surface area contributed by atoms with Crippen LogP contribution < -0.4 is 10.1 Å². The van der Waals surface area contributed by atoms with Gasteiger partial charge in [-0.2, -0.15) is 0 Å². The Kier molecular flexibility index (Phi) is 7.26. The molecule has 0 amide bonds. The van der Waals surface area contributed by atoms with E-state index in [0.717, 1.165) is 31.8 Å². The second-order valence-electron chi connectivity index (χ2n) is 6.37. The molecule has 0 fully saturated rings. The molecule has 0 aliphatic heterocycles. The summed E-state index contributed by atoms with van der Waals surface area (Å²) >= 11 is 3.57. The Morgan fingerprint density at radius 3 is 2.54 bits per heavy atom. The number of thiophene rings is 2. The van der Waals surface area contributed by atoms with Crippen LogP contribution in [-0.4, -0.2) is 25.5 Å². The molecule has 0 saturated carbocycles. The van der Waals surface area contributed by atoms with Gasteiger partial charge >= 0.3 is 0 Å². The van der Waals surface area contributed by atoms with E-state index < -0.39 is 0 Å². The molecule has 3 aromatic rings. The van der Waals surface area contributed by atoms with Crippen molar-refractivity contribution in [2.24, 2.45) is 0 Å². The van der Waals surface area contributed by atoms with E-state index in [9.17, 15) is 0 Å². The Morgan fingerprint density at radius 2 is 1.81 bits per heavy atom. The van der Waals surface area contributed by atoms with Crippen molar-refractivity contribution in [2.75, 3.05) is 20.6 Å². The quantitative estimate of drug-likeness (QED) is 0.520. The first-order valence-corrected chi connectivity index (χ1v) is 10.7. The molecule has 0 bridgehead atoms. The largest absolute Gasteiger partial charge is 0.485 e. The van der Waals surface area contributed by atoms with E-state index in [0.29, 0.717) is 0 Å². The first kappa shape index (κ1) is 19.1. The molecule has 2 aromatic heterocycles. The average molecular weight is 387 g/mol. The number of para-hydroxylation sites is 1. The highest BCUT2D eigenvalue weighted by Crippen LogP contribution is 2.30. The summed E-state index contributed by atoms with van der Waals surface area (Å²) in [5.41, 5.74) is 1.23. The SMILES string of the molecule is CNCCC(Oc1ccccc1CN(C)Cc1cccs1)c1cccs1. The van der Waals surface area contributed by atoms with E-state index in [1.807, 2.05) is 7.05 Å².